The van der Waals surface area contributed by atoms with Crippen molar-refractivity contribution in [3.05, 3.63) is 86.8 Å². The van der Waals surface area contributed by atoms with Crippen molar-refractivity contribution in [1.29, 1.82) is 0 Å². The Bertz CT molecular complexity index is 1130. The highest BCUT2D eigenvalue weighted by atomic mass is 16.4. The summed E-state index contributed by atoms with van der Waals surface area (Å²) in [6.45, 7) is 5.65. The van der Waals surface area contributed by atoms with Crippen molar-refractivity contribution >= 4 is 11.9 Å². The van der Waals surface area contributed by atoms with Crippen LogP contribution in [0.15, 0.2) is 53.3 Å². The molecule has 1 heterocycles. The average Bonchev–Trinajstić information content (AvgIpc) is 3.05. The molecule has 0 radical (unpaired) electrons. The molecule has 0 saturated carbocycles. The SMILES string of the molecule is Cc1ccc(C)c(-n2[nH]c(C(=O)NC(CC(=O)O)c3ccccc3C)cc2=O)c1. The molecule has 2 aromatic carbocycles. The zero-order valence-corrected chi connectivity index (χ0v) is 16.5. The zero-order valence-electron chi connectivity index (χ0n) is 16.5. The number of benzene rings is 2. The molecule has 1 aromatic heterocycles. The lowest BCUT2D eigenvalue weighted by Gasteiger charge is -2.19. The predicted octanol–water partition coefficient (Wildman–Crippen LogP) is 3.04. The number of carboxylic acid groups (broad SMARTS) is 1. The van der Waals surface area contributed by atoms with E-state index in [2.05, 4.69) is 10.4 Å². The number of hydrogen-bond acceptors (Lipinski definition) is 3. The second-order valence-electron chi connectivity index (χ2n) is 7.11. The van der Waals surface area contributed by atoms with Gasteiger partial charge in [-0.2, -0.15) is 0 Å². The molecule has 1 atom stereocenters. The fourth-order valence-electron chi connectivity index (χ4n) is 3.28. The maximum absolute atomic E-state index is 12.8. The van der Waals surface area contributed by atoms with Crippen LogP contribution in [-0.2, 0) is 4.79 Å². The first kappa shape index (κ1) is 20.1. The minimum Gasteiger partial charge on any atom is -0.481 e. The van der Waals surface area contributed by atoms with Crippen molar-refractivity contribution in [2.75, 3.05) is 0 Å². The average molecular weight is 393 g/mol. The van der Waals surface area contributed by atoms with E-state index in [9.17, 15) is 19.5 Å². The second kappa shape index (κ2) is 8.18. The molecular weight excluding hydrogens is 370 g/mol. The van der Waals surface area contributed by atoms with Gasteiger partial charge in [-0.25, -0.2) is 4.68 Å². The summed E-state index contributed by atoms with van der Waals surface area (Å²) in [7, 11) is 0. The molecule has 3 N–H and O–H groups in total. The van der Waals surface area contributed by atoms with Crippen LogP contribution < -0.4 is 10.9 Å². The Morgan fingerprint density at radius 3 is 2.48 bits per heavy atom. The van der Waals surface area contributed by atoms with Gasteiger partial charge in [-0.15, -0.1) is 0 Å². The van der Waals surface area contributed by atoms with Gasteiger partial charge in [-0.3, -0.25) is 19.5 Å². The third-order valence-corrected chi connectivity index (χ3v) is 4.82. The van der Waals surface area contributed by atoms with Crippen LogP contribution in [0.25, 0.3) is 5.69 Å². The first-order chi connectivity index (χ1) is 13.8. The molecule has 1 unspecified atom stereocenters. The van der Waals surface area contributed by atoms with Crippen LogP contribution in [0.2, 0.25) is 0 Å². The van der Waals surface area contributed by atoms with E-state index in [1.54, 1.807) is 12.1 Å². The summed E-state index contributed by atoms with van der Waals surface area (Å²) >= 11 is 0. The van der Waals surface area contributed by atoms with Gasteiger partial charge in [0.2, 0.25) is 0 Å². The summed E-state index contributed by atoms with van der Waals surface area (Å²) < 4.78 is 1.32. The molecule has 1 amide bonds. The Hall–Kier alpha value is -3.61. The Morgan fingerprint density at radius 2 is 1.79 bits per heavy atom. The number of nitrogens with one attached hydrogen (secondary N) is 2. The summed E-state index contributed by atoms with van der Waals surface area (Å²) in [5, 5.41) is 14.8. The van der Waals surface area contributed by atoms with Crippen molar-refractivity contribution in [2.45, 2.75) is 33.2 Å². The maximum Gasteiger partial charge on any atom is 0.305 e. The molecule has 0 aliphatic heterocycles. The predicted molar refractivity (Wildman–Crippen MR) is 110 cm³/mol. The number of nitrogens with zero attached hydrogens (tertiary/aromatic N) is 1. The van der Waals surface area contributed by atoms with E-state index in [0.717, 1.165) is 22.3 Å². The van der Waals surface area contributed by atoms with Gasteiger partial charge in [0, 0.05) is 6.07 Å². The standard InChI is InChI=1S/C22H23N3O4/c1-13-8-9-15(3)19(10-13)25-20(26)11-18(24-25)22(29)23-17(12-21(27)28)16-7-5-4-6-14(16)2/h4-11,17,24H,12H2,1-3H3,(H,23,29)(H,27,28). The number of rotatable bonds is 6. The van der Waals surface area contributed by atoms with Crippen molar-refractivity contribution < 1.29 is 14.7 Å². The molecule has 7 nitrogen and oxygen atoms in total. The number of carboxylic acids is 1. The van der Waals surface area contributed by atoms with E-state index in [0.29, 0.717) is 5.69 Å². The topological polar surface area (TPSA) is 104 Å². The van der Waals surface area contributed by atoms with Gasteiger partial charge in [0.15, 0.2) is 0 Å². The highest BCUT2D eigenvalue weighted by Crippen LogP contribution is 2.21. The van der Waals surface area contributed by atoms with E-state index >= 15 is 0 Å². The van der Waals surface area contributed by atoms with Gasteiger partial charge < -0.3 is 10.4 Å². The number of aryl methyl sites for hydroxylation is 3. The highest BCUT2D eigenvalue weighted by Gasteiger charge is 2.22. The Labute approximate surface area is 168 Å². The van der Waals surface area contributed by atoms with Crippen LogP contribution in [0.1, 0.15) is 45.2 Å². The normalized spacial score (nSPS) is 11.8. The molecule has 29 heavy (non-hydrogen) atoms. The molecule has 0 saturated heterocycles. The number of carbonyl (C=O) groups is 2. The number of aromatic amines is 1. The summed E-state index contributed by atoms with van der Waals surface area (Å²) in [5.41, 5.74) is 3.83. The molecule has 0 aliphatic rings. The number of aliphatic carboxylic acids is 1. The largest absolute Gasteiger partial charge is 0.481 e. The molecular formula is C22H23N3O4. The first-order valence-electron chi connectivity index (χ1n) is 9.24. The Morgan fingerprint density at radius 1 is 1.07 bits per heavy atom. The minimum absolute atomic E-state index is 0.0693. The molecule has 150 valence electrons. The van der Waals surface area contributed by atoms with Gasteiger partial charge in [-0.05, 0) is 49.1 Å². The molecule has 0 spiro atoms. The van der Waals surface area contributed by atoms with Crippen molar-refractivity contribution in [2.24, 2.45) is 0 Å². The van der Waals surface area contributed by atoms with E-state index in [4.69, 9.17) is 0 Å². The molecule has 0 bridgehead atoms. The third kappa shape index (κ3) is 4.45. The van der Waals surface area contributed by atoms with E-state index in [1.807, 2.05) is 51.1 Å². The number of H-pyrrole nitrogens is 1. The smallest absolute Gasteiger partial charge is 0.305 e. The van der Waals surface area contributed by atoms with Gasteiger partial charge >= 0.3 is 5.97 Å². The van der Waals surface area contributed by atoms with Gasteiger partial charge in [0.1, 0.15) is 5.69 Å². The maximum atomic E-state index is 12.8. The van der Waals surface area contributed by atoms with Crippen molar-refractivity contribution in [3.8, 4) is 5.69 Å². The summed E-state index contributed by atoms with van der Waals surface area (Å²) in [5.74, 6) is -1.57. The van der Waals surface area contributed by atoms with Gasteiger partial charge in [0.05, 0.1) is 18.2 Å². The molecule has 3 aromatic rings. The number of carbonyl (C=O) groups excluding carboxylic acids is 1. The molecule has 0 aliphatic carbocycles. The van der Waals surface area contributed by atoms with Crippen molar-refractivity contribution in [3.63, 3.8) is 0 Å². The van der Waals surface area contributed by atoms with Crippen LogP contribution in [0.3, 0.4) is 0 Å². The monoisotopic (exact) mass is 393 g/mol. The lowest BCUT2D eigenvalue weighted by molar-refractivity contribution is -0.137. The van der Waals surface area contributed by atoms with Crippen LogP contribution in [0, 0.1) is 20.8 Å². The number of aromatic nitrogens is 2. The van der Waals surface area contributed by atoms with Gasteiger partial charge in [0.25, 0.3) is 11.5 Å². The summed E-state index contributed by atoms with van der Waals surface area (Å²) in [6.07, 6.45) is -0.265. The quantitative estimate of drug-likeness (QED) is 0.599. The summed E-state index contributed by atoms with van der Waals surface area (Å²) in [4.78, 5) is 36.5. The second-order valence-corrected chi connectivity index (χ2v) is 7.11. The van der Waals surface area contributed by atoms with E-state index in [1.165, 1.54) is 10.7 Å². The van der Waals surface area contributed by atoms with E-state index < -0.39 is 17.9 Å². The van der Waals surface area contributed by atoms with Crippen LogP contribution in [0.4, 0.5) is 0 Å². The van der Waals surface area contributed by atoms with Crippen LogP contribution >= 0.6 is 0 Å². The molecule has 3 rings (SSSR count). The Balaban J connectivity index is 1.92. The lowest BCUT2D eigenvalue weighted by atomic mass is 9.98. The van der Waals surface area contributed by atoms with Crippen LogP contribution in [0.5, 0.6) is 0 Å². The molecule has 0 fully saturated rings. The first-order valence-corrected chi connectivity index (χ1v) is 9.24. The third-order valence-electron chi connectivity index (χ3n) is 4.82. The summed E-state index contributed by atoms with van der Waals surface area (Å²) in [6, 6.07) is 13.5. The fraction of sp³-hybridized carbons (Fsp3) is 0.227. The highest BCUT2D eigenvalue weighted by molar-refractivity contribution is 5.92. The van der Waals surface area contributed by atoms with Crippen molar-refractivity contribution in [1.82, 2.24) is 15.1 Å². The lowest BCUT2D eigenvalue weighted by Crippen LogP contribution is -2.31. The molecule has 7 heteroatoms. The van der Waals surface area contributed by atoms with E-state index in [-0.39, 0.29) is 17.7 Å². The number of amides is 1. The number of hydrogen-bond donors (Lipinski definition) is 3. The zero-order chi connectivity index (χ0) is 21.1. The minimum atomic E-state index is -1.03. The fourth-order valence-corrected chi connectivity index (χ4v) is 3.28. The van der Waals surface area contributed by atoms with Crippen LogP contribution in [-0.4, -0.2) is 26.8 Å². The Kier molecular flexibility index (Phi) is 5.68. The van der Waals surface area contributed by atoms with Gasteiger partial charge in [-0.1, -0.05) is 36.4 Å².